The van der Waals surface area contributed by atoms with Crippen LogP contribution in [0, 0.1) is 18.4 Å². The molecule has 66 valence electrons. The summed E-state index contributed by atoms with van der Waals surface area (Å²) in [4.78, 5) is 3.31. The third-order valence-corrected chi connectivity index (χ3v) is 1.75. The van der Waals surface area contributed by atoms with Gasteiger partial charge in [-0.05, 0) is 19.8 Å². The molecule has 0 aromatic carbocycles. The van der Waals surface area contributed by atoms with Crippen LogP contribution in [0.25, 0.3) is 4.85 Å². The highest BCUT2D eigenvalue weighted by Crippen LogP contribution is 2.04. The second-order valence-corrected chi connectivity index (χ2v) is 2.83. The molecule has 0 fully saturated rings. The van der Waals surface area contributed by atoms with Gasteiger partial charge in [0.25, 0.3) is 0 Å². The molecule has 0 saturated heterocycles. The van der Waals surface area contributed by atoms with Crippen LogP contribution in [-0.2, 0) is 0 Å². The largest absolute Gasteiger partial charge is 0.317 e. The number of rotatable bonds is 6. The fraction of sp³-hybridized carbons (Fsp3) is 0.727. The molecule has 0 spiro atoms. The Morgan fingerprint density at radius 1 is 1.08 bits per heavy atom. The molecule has 0 saturated carbocycles. The molecule has 0 rings (SSSR count). The van der Waals surface area contributed by atoms with Gasteiger partial charge in [0.05, 0.1) is 0 Å². The van der Waals surface area contributed by atoms with Gasteiger partial charge in [0, 0.05) is 12.8 Å². The third-order valence-electron chi connectivity index (χ3n) is 1.75. The average molecular weight is 163 g/mol. The summed E-state index contributed by atoms with van der Waals surface area (Å²) < 4.78 is 0. The van der Waals surface area contributed by atoms with E-state index in [1.54, 1.807) is 0 Å². The number of hydrogen-bond acceptors (Lipinski definition) is 0. The lowest BCUT2D eigenvalue weighted by atomic mass is 10.1. The van der Waals surface area contributed by atoms with Gasteiger partial charge in [-0.15, -0.1) is 11.8 Å². The van der Waals surface area contributed by atoms with E-state index in [2.05, 4.69) is 16.7 Å². The predicted octanol–water partition coefficient (Wildman–Crippen LogP) is 3.27. The molecule has 0 bridgehead atoms. The number of hydrogen-bond donors (Lipinski definition) is 0. The van der Waals surface area contributed by atoms with Crippen molar-refractivity contribution >= 4 is 0 Å². The summed E-state index contributed by atoms with van der Waals surface area (Å²) in [6, 6.07) is 0. The normalized spacial score (nSPS) is 8.33. The summed E-state index contributed by atoms with van der Waals surface area (Å²) in [7, 11) is 0. The third kappa shape index (κ3) is 9.05. The van der Waals surface area contributed by atoms with Crippen molar-refractivity contribution in [3.05, 3.63) is 11.4 Å². The van der Waals surface area contributed by atoms with Crippen LogP contribution in [0.2, 0.25) is 0 Å². The maximum absolute atomic E-state index is 6.58. The Kier molecular flexibility index (Phi) is 9.25. The highest BCUT2D eigenvalue weighted by atomic mass is 14.6. The van der Waals surface area contributed by atoms with Gasteiger partial charge in [-0.2, -0.15) is 0 Å². The molecule has 1 heteroatoms. The van der Waals surface area contributed by atoms with Gasteiger partial charge in [-0.3, -0.25) is 0 Å². The van der Waals surface area contributed by atoms with E-state index >= 15 is 0 Å². The minimum Gasteiger partial charge on any atom is -0.317 e. The van der Waals surface area contributed by atoms with Crippen LogP contribution in [0.4, 0.5) is 0 Å². The van der Waals surface area contributed by atoms with E-state index in [1.165, 1.54) is 25.7 Å². The van der Waals surface area contributed by atoms with E-state index in [1.807, 2.05) is 6.92 Å². The molecule has 0 aromatic rings. The van der Waals surface area contributed by atoms with Crippen LogP contribution in [0.3, 0.4) is 0 Å². The summed E-state index contributed by atoms with van der Waals surface area (Å²) in [6.45, 7) is 9.17. The van der Waals surface area contributed by atoms with Gasteiger partial charge in [0.15, 0.2) is 0 Å². The number of nitrogens with zero attached hydrogens (tertiary/aromatic N) is 1. The van der Waals surface area contributed by atoms with Crippen LogP contribution in [-0.4, -0.2) is 6.54 Å². The van der Waals surface area contributed by atoms with Crippen LogP contribution in [0.15, 0.2) is 0 Å². The molecule has 1 nitrogen and oxygen atoms in total. The van der Waals surface area contributed by atoms with Crippen LogP contribution < -0.4 is 0 Å². The first-order valence-corrected chi connectivity index (χ1v) is 4.64. The lowest BCUT2D eigenvalue weighted by Crippen LogP contribution is -1.80. The van der Waals surface area contributed by atoms with E-state index < -0.39 is 0 Å². The Balaban J connectivity index is 2.90. The Bertz CT molecular complexity index is 177. The Morgan fingerprint density at radius 3 is 2.42 bits per heavy atom. The molecule has 0 unspecified atom stereocenters. The minimum atomic E-state index is 0.703. The van der Waals surface area contributed by atoms with Gasteiger partial charge >= 0.3 is 0 Å². The van der Waals surface area contributed by atoms with E-state index in [4.69, 9.17) is 6.57 Å². The molecule has 0 aliphatic heterocycles. The summed E-state index contributed by atoms with van der Waals surface area (Å²) in [5.74, 6) is 5.94. The van der Waals surface area contributed by atoms with Crippen molar-refractivity contribution in [3.8, 4) is 11.8 Å². The van der Waals surface area contributed by atoms with E-state index in [0.717, 1.165) is 12.8 Å². The second-order valence-electron chi connectivity index (χ2n) is 2.83. The van der Waals surface area contributed by atoms with Gasteiger partial charge in [0.1, 0.15) is 0 Å². The predicted molar refractivity (Wildman–Crippen MR) is 52.6 cm³/mol. The first kappa shape index (κ1) is 11.1. The minimum absolute atomic E-state index is 0.703. The van der Waals surface area contributed by atoms with Crippen molar-refractivity contribution in [2.75, 3.05) is 6.54 Å². The quantitative estimate of drug-likeness (QED) is 0.321. The fourth-order valence-corrected chi connectivity index (χ4v) is 1.06. The summed E-state index contributed by atoms with van der Waals surface area (Å²) >= 11 is 0. The smallest absolute Gasteiger partial charge is 0.214 e. The average Bonchev–Trinajstić information content (AvgIpc) is 2.10. The highest BCUT2D eigenvalue weighted by molar-refractivity contribution is 4.94. The standard InChI is InChI=1S/C11H17N/c1-3-4-5-6-7-8-9-10-11-12-2/h5-11H2,1H3. The van der Waals surface area contributed by atoms with Gasteiger partial charge in [-0.25, -0.2) is 6.57 Å². The zero-order valence-electron chi connectivity index (χ0n) is 7.90. The van der Waals surface area contributed by atoms with Crippen LogP contribution in [0.1, 0.15) is 45.4 Å². The Labute approximate surface area is 76.0 Å². The summed E-state index contributed by atoms with van der Waals surface area (Å²) in [6.07, 6.45) is 7.08. The first-order valence-electron chi connectivity index (χ1n) is 4.64. The van der Waals surface area contributed by atoms with Gasteiger partial charge in [-0.1, -0.05) is 12.8 Å². The van der Waals surface area contributed by atoms with E-state index in [-0.39, 0.29) is 0 Å². The summed E-state index contributed by atoms with van der Waals surface area (Å²) in [5.41, 5.74) is 0. The second kappa shape index (κ2) is 10.0. The van der Waals surface area contributed by atoms with E-state index in [0.29, 0.717) is 6.54 Å². The molecule has 0 heterocycles. The Hall–Kier alpha value is -0.950. The van der Waals surface area contributed by atoms with Gasteiger partial charge < -0.3 is 4.85 Å². The monoisotopic (exact) mass is 163 g/mol. The highest BCUT2D eigenvalue weighted by Gasteiger charge is 1.90. The lowest BCUT2D eigenvalue weighted by molar-refractivity contribution is 0.636. The molecule has 0 aliphatic carbocycles. The molecule has 12 heavy (non-hydrogen) atoms. The van der Waals surface area contributed by atoms with Crippen molar-refractivity contribution < 1.29 is 0 Å². The molecular weight excluding hydrogens is 146 g/mol. The topological polar surface area (TPSA) is 4.36 Å². The van der Waals surface area contributed by atoms with Crippen LogP contribution >= 0.6 is 0 Å². The molecule has 0 radical (unpaired) electrons. The first-order chi connectivity index (χ1) is 5.91. The van der Waals surface area contributed by atoms with Crippen molar-refractivity contribution in [3.63, 3.8) is 0 Å². The van der Waals surface area contributed by atoms with Crippen molar-refractivity contribution in [1.29, 1.82) is 0 Å². The van der Waals surface area contributed by atoms with E-state index in [9.17, 15) is 0 Å². The molecule has 0 amide bonds. The van der Waals surface area contributed by atoms with Crippen LogP contribution in [0.5, 0.6) is 0 Å². The van der Waals surface area contributed by atoms with Crippen molar-refractivity contribution in [1.82, 2.24) is 0 Å². The van der Waals surface area contributed by atoms with Crippen molar-refractivity contribution in [2.24, 2.45) is 0 Å². The zero-order chi connectivity index (χ0) is 9.07. The van der Waals surface area contributed by atoms with Crippen molar-refractivity contribution in [2.45, 2.75) is 45.4 Å². The molecule has 0 aromatic heterocycles. The number of unbranched alkanes of at least 4 members (excludes halogenated alkanes) is 5. The molecule has 0 aliphatic rings. The molecule has 0 atom stereocenters. The Morgan fingerprint density at radius 2 is 1.75 bits per heavy atom. The zero-order valence-corrected chi connectivity index (χ0v) is 7.90. The maximum atomic E-state index is 6.58. The van der Waals surface area contributed by atoms with Gasteiger partial charge in [0.2, 0.25) is 6.54 Å². The SMILES string of the molecule is [C-]#[N+]CCCCCCCC#CC. The maximum Gasteiger partial charge on any atom is 0.214 e. The fourth-order valence-electron chi connectivity index (χ4n) is 1.06. The summed E-state index contributed by atoms with van der Waals surface area (Å²) in [5, 5.41) is 0. The lowest BCUT2D eigenvalue weighted by Gasteiger charge is -1.94. The molecular formula is C11H17N. The molecule has 0 N–H and O–H groups in total.